The molecule has 5 nitrogen and oxygen atoms in total. The molecule has 0 aliphatic carbocycles. The molecule has 0 radical (unpaired) electrons. The molecule has 2 unspecified atom stereocenters. The van der Waals surface area contributed by atoms with Gasteiger partial charge in [-0.1, -0.05) is 0 Å². The number of nitrogens with zero attached hydrogens (tertiary/aromatic N) is 2. The van der Waals surface area contributed by atoms with E-state index in [9.17, 15) is 4.79 Å². The average Bonchev–Trinajstić information content (AvgIpc) is 2.29. The Balaban J connectivity index is 2.47. The minimum Gasteiger partial charge on any atom is -0.371 e. The van der Waals surface area contributed by atoms with Crippen LogP contribution in [0.5, 0.6) is 0 Å². The molecule has 1 fully saturated rings. The normalized spacial score (nSPS) is 25.9. The molecule has 0 aromatic heterocycles. The highest BCUT2D eigenvalue weighted by Crippen LogP contribution is 2.10. The third-order valence-electron chi connectivity index (χ3n) is 3.14. The molecule has 0 bridgehead atoms. The monoisotopic (exact) mass is 243 g/mol. The number of carbonyl (C=O) groups excluding carboxylic acids is 1. The Labute approximate surface area is 104 Å². The lowest BCUT2D eigenvalue weighted by molar-refractivity contribution is -0.135. The minimum absolute atomic E-state index is 0.0586. The third-order valence-corrected chi connectivity index (χ3v) is 3.14. The van der Waals surface area contributed by atoms with E-state index in [-0.39, 0.29) is 18.1 Å². The molecule has 1 aliphatic rings. The van der Waals surface area contributed by atoms with E-state index in [0.29, 0.717) is 13.1 Å². The summed E-state index contributed by atoms with van der Waals surface area (Å²) in [6.07, 6.45) is 0.213. The second-order valence-electron chi connectivity index (χ2n) is 4.56. The van der Waals surface area contributed by atoms with Gasteiger partial charge < -0.3 is 15.4 Å². The van der Waals surface area contributed by atoms with E-state index >= 15 is 0 Å². The molecule has 1 saturated heterocycles. The summed E-state index contributed by atoms with van der Waals surface area (Å²) in [6.45, 7) is 10.1. The van der Waals surface area contributed by atoms with Crippen molar-refractivity contribution in [2.45, 2.75) is 33.0 Å². The predicted octanol–water partition coefficient (Wildman–Crippen LogP) is -0.0972. The van der Waals surface area contributed by atoms with E-state index in [1.54, 1.807) is 0 Å². The van der Waals surface area contributed by atoms with Crippen molar-refractivity contribution in [2.24, 2.45) is 5.73 Å². The zero-order valence-corrected chi connectivity index (χ0v) is 11.2. The Bertz CT molecular complexity index is 244. The third kappa shape index (κ3) is 4.26. The number of amides is 1. The second kappa shape index (κ2) is 6.93. The maximum atomic E-state index is 12.0. The Hall–Kier alpha value is -0.650. The number of morpholine rings is 1. The molecule has 1 rings (SSSR count). The first-order chi connectivity index (χ1) is 8.10. The average molecular weight is 243 g/mol. The van der Waals surface area contributed by atoms with Gasteiger partial charge in [0, 0.05) is 32.7 Å². The second-order valence-corrected chi connectivity index (χ2v) is 4.56. The minimum atomic E-state index is 0.0586. The van der Waals surface area contributed by atoms with Crippen LogP contribution < -0.4 is 5.73 Å². The summed E-state index contributed by atoms with van der Waals surface area (Å²) in [5.74, 6) is 0.194. The van der Waals surface area contributed by atoms with Crippen molar-refractivity contribution in [2.75, 3.05) is 39.3 Å². The van der Waals surface area contributed by atoms with Crippen LogP contribution in [0.2, 0.25) is 0 Å². The lowest BCUT2D eigenvalue weighted by atomic mass is 10.2. The van der Waals surface area contributed by atoms with Gasteiger partial charge in [0.2, 0.25) is 5.91 Å². The van der Waals surface area contributed by atoms with Crippen LogP contribution in [0.15, 0.2) is 0 Å². The Kier molecular flexibility index (Phi) is 5.88. The predicted molar refractivity (Wildman–Crippen MR) is 67.8 cm³/mol. The van der Waals surface area contributed by atoms with Crippen molar-refractivity contribution in [1.29, 1.82) is 0 Å². The summed E-state index contributed by atoms with van der Waals surface area (Å²) < 4.78 is 5.67. The van der Waals surface area contributed by atoms with Gasteiger partial charge in [-0.15, -0.1) is 0 Å². The van der Waals surface area contributed by atoms with Crippen LogP contribution in [-0.4, -0.2) is 67.2 Å². The number of carbonyl (C=O) groups is 1. The number of hydrogen-bond donors (Lipinski definition) is 1. The van der Waals surface area contributed by atoms with Crippen molar-refractivity contribution in [3.63, 3.8) is 0 Å². The van der Waals surface area contributed by atoms with Crippen LogP contribution in [0, 0.1) is 0 Å². The number of likely N-dealkylation sites (N-methyl/N-ethyl adjacent to an activating group) is 1. The Morgan fingerprint density at radius 3 is 2.59 bits per heavy atom. The molecule has 2 atom stereocenters. The number of ether oxygens (including phenoxy) is 1. The van der Waals surface area contributed by atoms with Gasteiger partial charge in [-0.2, -0.15) is 0 Å². The first kappa shape index (κ1) is 14.4. The summed E-state index contributed by atoms with van der Waals surface area (Å²) in [6, 6.07) is 0. The van der Waals surface area contributed by atoms with Crippen molar-refractivity contribution in [1.82, 2.24) is 9.80 Å². The molecular formula is C12H25N3O2. The van der Waals surface area contributed by atoms with Gasteiger partial charge >= 0.3 is 0 Å². The van der Waals surface area contributed by atoms with E-state index in [1.807, 2.05) is 25.7 Å². The molecule has 0 spiro atoms. The number of nitrogens with two attached hydrogens (primary N) is 1. The number of hydrogen-bond acceptors (Lipinski definition) is 4. The molecule has 0 aromatic carbocycles. The van der Waals surface area contributed by atoms with Gasteiger partial charge in [-0.05, 0) is 20.8 Å². The molecule has 1 amide bonds. The lowest BCUT2D eigenvalue weighted by Crippen LogP contribution is -2.52. The Morgan fingerprint density at radius 1 is 1.41 bits per heavy atom. The standard InChI is InChI=1S/C12H25N3O2/c1-4-15(5-2)12(16)9-14-7-10(3)17-11(6-13)8-14/h10-11H,4-9,13H2,1-3H3. The molecule has 2 N–H and O–H groups in total. The van der Waals surface area contributed by atoms with Crippen molar-refractivity contribution < 1.29 is 9.53 Å². The molecule has 1 heterocycles. The lowest BCUT2D eigenvalue weighted by Gasteiger charge is -2.36. The fourth-order valence-corrected chi connectivity index (χ4v) is 2.27. The zero-order chi connectivity index (χ0) is 12.8. The first-order valence-corrected chi connectivity index (χ1v) is 6.46. The van der Waals surface area contributed by atoms with Crippen LogP contribution >= 0.6 is 0 Å². The van der Waals surface area contributed by atoms with E-state index < -0.39 is 0 Å². The van der Waals surface area contributed by atoms with Gasteiger partial charge in [-0.25, -0.2) is 0 Å². The SMILES string of the molecule is CCN(CC)C(=O)CN1CC(C)OC(CN)C1. The maximum Gasteiger partial charge on any atom is 0.236 e. The quantitative estimate of drug-likeness (QED) is 0.733. The molecule has 0 saturated carbocycles. The molecular weight excluding hydrogens is 218 g/mol. The highest BCUT2D eigenvalue weighted by Gasteiger charge is 2.26. The van der Waals surface area contributed by atoms with Gasteiger partial charge in [0.15, 0.2) is 0 Å². The van der Waals surface area contributed by atoms with Crippen LogP contribution in [-0.2, 0) is 9.53 Å². The molecule has 0 aromatic rings. The summed E-state index contributed by atoms with van der Waals surface area (Å²) in [4.78, 5) is 16.0. The maximum absolute atomic E-state index is 12.0. The van der Waals surface area contributed by atoms with Crippen LogP contribution in [0.1, 0.15) is 20.8 Å². The molecule has 100 valence electrons. The fourth-order valence-electron chi connectivity index (χ4n) is 2.27. The first-order valence-electron chi connectivity index (χ1n) is 6.46. The van der Waals surface area contributed by atoms with Crippen LogP contribution in [0.4, 0.5) is 0 Å². The van der Waals surface area contributed by atoms with Gasteiger partial charge in [-0.3, -0.25) is 9.69 Å². The Morgan fingerprint density at radius 2 is 2.06 bits per heavy atom. The summed E-state index contributed by atoms with van der Waals surface area (Å²) in [5.41, 5.74) is 5.62. The number of rotatable bonds is 5. The fraction of sp³-hybridized carbons (Fsp3) is 0.917. The largest absolute Gasteiger partial charge is 0.371 e. The summed E-state index contributed by atoms with van der Waals surface area (Å²) in [5, 5.41) is 0. The topological polar surface area (TPSA) is 58.8 Å². The van der Waals surface area contributed by atoms with Crippen molar-refractivity contribution >= 4 is 5.91 Å². The highest BCUT2D eigenvalue weighted by molar-refractivity contribution is 5.78. The molecule has 1 aliphatic heterocycles. The van der Waals surface area contributed by atoms with Gasteiger partial charge in [0.1, 0.15) is 0 Å². The zero-order valence-electron chi connectivity index (χ0n) is 11.2. The van der Waals surface area contributed by atoms with Crippen LogP contribution in [0.3, 0.4) is 0 Å². The van der Waals surface area contributed by atoms with Crippen LogP contribution in [0.25, 0.3) is 0 Å². The van der Waals surface area contributed by atoms with E-state index in [0.717, 1.165) is 26.2 Å². The van der Waals surface area contributed by atoms with E-state index in [4.69, 9.17) is 10.5 Å². The highest BCUT2D eigenvalue weighted by atomic mass is 16.5. The van der Waals surface area contributed by atoms with Gasteiger partial charge in [0.05, 0.1) is 18.8 Å². The van der Waals surface area contributed by atoms with Crippen molar-refractivity contribution in [3.05, 3.63) is 0 Å². The van der Waals surface area contributed by atoms with E-state index in [1.165, 1.54) is 0 Å². The van der Waals surface area contributed by atoms with Crippen molar-refractivity contribution in [3.8, 4) is 0 Å². The van der Waals surface area contributed by atoms with E-state index in [2.05, 4.69) is 4.90 Å². The van der Waals surface area contributed by atoms with Gasteiger partial charge in [0.25, 0.3) is 0 Å². The summed E-state index contributed by atoms with van der Waals surface area (Å²) >= 11 is 0. The summed E-state index contributed by atoms with van der Waals surface area (Å²) in [7, 11) is 0. The molecule has 5 heteroatoms. The molecule has 17 heavy (non-hydrogen) atoms. The smallest absolute Gasteiger partial charge is 0.236 e.